The normalized spacial score (nSPS) is 14.3. The van der Waals surface area contributed by atoms with Crippen molar-refractivity contribution in [1.29, 1.82) is 0 Å². The maximum atomic E-state index is 12.2. The van der Waals surface area contributed by atoms with Crippen LogP contribution in [-0.4, -0.2) is 42.6 Å². The third-order valence-electron chi connectivity index (χ3n) is 2.64. The lowest BCUT2D eigenvalue weighted by Crippen LogP contribution is -2.41. The molecule has 19 heavy (non-hydrogen) atoms. The standard InChI is InChI=1S/C13H27NO4S/c1-10(2)6-12(5)7-14(8-13(15)16)19(17,18)9-11(3)4/h10-12H,6-9H2,1-5H3,(H,15,16)/t12-/m0/s1. The van der Waals surface area contributed by atoms with Gasteiger partial charge in [-0.3, -0.25) is 4.79 Å². The first-order valence-electron chi connectivity index (χ1n) is 6.74. The second kappa shape index (κ2) is 7.85. The van der Waals surface area contributed by atoms with Gasteiger partial charge in [-0.2, -0.15) is 4.31 Å². The maximum absolute atomic E-state index is 12.2. The van der Waals surface area contributed by atoms with Crippen LogP contribution in [-0.2, 0) is 14.8 Å². The molecular formula is C13H27NO4S. The van der Waals surface area contributed by atoms with Crippen LogP contribution in [0.5, 0.6) is 0 Å². The maximum Gasteiger partial charge on any atom is 0.318 e. The Morgan fingerprint density at radius 3 is 2.00 bits per heavy atom. The molecule has 0 aromatic carbocycles. The number of nitrogens with zero attached hydrogens (tertiary/aromatic N) is 1. The van der Waals surface area contributed by atoms with Crippen molar-refractivity contribution in [3.8, 4) is 0 Å². The van der Waals surface area contributed by atoms with E-state index in [9.17, 15) is 13.2 Å². The molecule has 0 fully saturated rings. The Balaban J connectivity index is 4.85. The Kier molecular flexibility index (Phi) is 7.59. The minimum Gasteiger partial charge on any atom is -0.480 e. The molecule has 1 N–H and O–H groups in total. The van der Waals surface area contributed by atoms with Gasteiger partial charge < -0.3 is 5.11 Å². The average Bonchev–Trinajstić information content (AvgIpc) is 2.11. The van der Waals surface area contributed by atoms with E-state index in [1.165, 1.54) is 0 Å². The molecule has 0 heterocycles. The molecule has 114 valence electrons. The molecule has 0 aliphatic rings. The van der Waals surface area contributed by atoms with E-state index in [0.29, 0.717) is 5.92 Å². The van der Waals surface area contributed by atoms with Gasteiger partial charge in [-0.05, 0) is 24.2 Å². The monoisotopic (exact) mass is 293 g/mol. The van der Waals surface area contributed by atoms with Crippen LogP contribution in [0.15, 0.2) is 0 Å². The van der Waals surface area contributed by atoms with Gasteiger partial charge in [0.1, 0.15) is 6.54 Å². The van der Waals surface area contributed by atoms with Crippen molar-refractivity contribution in [3.05, 3.63) is 0 Å². The molecule has 1 atom stereocenters. The van der Waals surface area contributed by atoms with E-state index < -0.39 is 22.5 Å². The third kappa shape index (κ3) is 8.21. The Morgan fingerprint density at radius 2 is 1.63 bits per heavy atom. The average molecular weight is 293 g/mol. The van der Waals surface area contributed by atoms with Gasteiger partial charge >= 0.3 is 5.97 Å². The summed E-state index contributed by atoms with van der Waals surface area (Å²) in [5.74, 6) is -0.504. The van der Waals surface area contributed by atoms with Crippen LogP contribution >= 0.6 is 0 Å². The lowest BCUT2D eigenvalue weighted by Gasteiger charge is -2.25. The van der Waals surface area contributed by atoms with Gasteiger partial charge in [-0.1, -0.05) is 34.6 Å². The number of aliphatic carboxylic acids is 1. The fourth-order valence-corrected chi connectivity index (χ4v) is 4.02. The summed E-state index contributed by atoms with van der Waals surface area (Å²) in [6, 6.07) is 0. The largest absolute Gasteiger partial charge is 0.480 e. The molecule has 0 rings (SSSR count). The Bertz CT molecular complexity index is 376. The lowest BCUT2D eigenvalue weighted by molar-refractivity contribution is -0.137. The van der Waals surface area contributed by atoms with E-state index in [0.717, 1.165) is 10.7 Å². The summed E-state index contributed by atoms with van der Waals surface area (Å²) in [5.41, 5.74) is 0. The van der Waals surface area contributed by atoms with Crippen molar-refractivity contribution in [1.82, 2.24) is 4.31 Å². The van der Waals surface area contributed by atoms with Gasteiger partial charge in [0.05, 0.1) is 5.75 Å². The zero-order valence-electron chi connectivity index (χ0n) is 12.6. The van der Waals surface area contributed by atoms with Gasteiger partial charge in [-0.25, -0.2) is 8.42 Å². The van der Waals surface area contributed by atoms with E-state index in [1.54, 1.807) is 0 Å². The highest BCUT2D eigenvalue weighted by molar-refractivity contribution is 7.89. The number of rotatable bonds is 9. The highest BCUT2D eigenvalue weighted by atomic mass is 32.2. The van der Waals surface area contributed by atoms with Crippen LogP contribution in [0.4, 0.5) is 0 Å². The third-order valence-corrected chi connectivity index (χ3v) is 4.79. The molecule has 0 aromatic heterocycles. The number of sulfonamides is 1. The zero-order valence-corrected chi connectivity index (χ0v) is 13.4. The molecule has 6 heteroatoms. The Morgan fingerprint density at radius 1 is 1.11 bits per heavy atom. The van der Waals surface area contributed by atoms with Gasteiger partial charge in [-0.15, -0.1) is 0 Å². The quantitative estimate of drug-likeness (QED) is 0.706. The van der Waals surface area contributed by atoms with Crippen LogP contribution in [0, 0.1) is 17.8 Å². The number of carbonyl (C=O) groups is 1. The summed E-state index contributed by atoms with van der Waals surface area (Å²) in [7, 11) is -3.50. The first-order valence-corrected chi connectivity index (χ1v) is 8.35. The summed E-state index contributed by atoms with van der Waals surface area (Å²) in [6.45, 7) is 9.56. The van der Waals surface area contributed by atoms with Gasteiger partial charge in [0.2, 0.25) is 10.0 Å². The summed E-state index contributed by atoms with van der Waals surface area (Å²) in [6.07, 6.45) is 0.882. The first-order chi connectivity index (χ1) is 8.54. The molecule has 0 saturated carbocycles. The van der Waals surface area contributed by atoms with E-state index in [1.807, 2.05) is 20.8 Å². The zero-order chi connectivity index (χ0) is 15.2. The summed E-state index contributed by atoms with van der Waals surface area (Å²) in [4.78, 5) is 10.8. The molecule has 0 spiro atoms. The minimum atomic E-state index is -3.50. The molecule has 0 aliphatic carbocycles. The topological polar surface area (TPSA) is 74.7 Å². The highest BCUT2D eigenvalue weighted by Gasteiger charge is 2.27. The van der Waals surface area contributed by atoms with Crippen molar-refractivity contribution in [2.24, 2.45) is 17.8 Å². The number of carboxylic acid groups (broad SMARTS) is 1. The summed E-state index contributed by atoms with van der Waals surface area (Å²) >= 11 is 0. The van der Waals surface area contributed by atoms with Crippen molar-refractivity contribution in [2.45, 2.75) is 41.0 Å². The van der Waals surface area contributed by atoms with Crippen molar-refractivity contribution in [3.63, 3.8) is 0 Å². The van der Waals surface area contributed by atoms with E-state index in [-0.39, 0.29) is 24.1 Å². The predicted octanol–water partition coefficient (Wildman–Crippen LogP) is 2.04. The molecule has 0 amide bonds. The number of carboxylic acids is 1. The van der Waals surface area contributed by atoms with Crippen LogP contribution in [0.25, 0.3) is 0 Å². The molecule has 0 unspecified atom stereocenters. The fraction of sp³-hybridized carbons (Fsp3) is 0.923. The molecule has 0 bridgehead atoms. The second-order valence-electron chi connectivity index (χ2n) is 6.09. The summed E-state index contributed by atoms with van der Waals surface area (Å²) in [5, 5.41) is 8.87. The smallest absolute Gasteiger partial charge is 0.318 e. The van der Waals surface area contributed by atoms with Crippen LogP contribution in [0.3, 0.4) is 0 Å². The minimum absolute atomic E-state index is 0.00528. The lowest BCUT2D eigenvalue weighted by atomic mass is 9.99. The van der Waals surface area contributed by atoms with E-state index >= 15 is 0 Å². The highest BCUT2D eigenvalue weighted by Crippen LogP contribution is 2.16. The van der Waals surface area contributed by atoms with Crippen LogP contribution < -0.4 is 0 Å². The van der Waals surface area contributed by atoms with Crippen molar-refractivity contribution < 1.29 is 18.3 Å². The Hall–Kier alpha value is -0.620. The van der Waals surface area contributed by atoms with Crippen molar-refractivity contribution in [2.75, 3.05) is 18.8 Å². The first kappa shape index (κ1) is 18.4. The second-order valence-corrected chi connectivity index (χ2v) is 8.11. The Labute approximate surface area is 117 Å². The molecule has 0 radical (unpaired) electrons. The van der Waals surface area contributed by atoms with Gasteiger partial charge in [0.15, 0.2) is 0 Å². The van der Waals surface area contributed by atoms with Crippen molar-refractivity contribution >= 4 is 16.0 Å². The van der Waals surface area contributed by atoms with Crippen LogP contribution in [0.2, 0.25) is 0 Å². The number of hydrogen-bond donors (Lipinski definition) is 1. The molecular weight excluding hydrogens is 266 g/mol. The molecule has 0 aliphatic heterocycles. The molecule has 5 nitrogen and oxygen atoms in total. The molecule has 0 aromatic rings. The number of hydrogen-bond acceptors (Lipinski definition) is 3. The van der Waals surface area contributed by atoms with Gasteiger partial charge in [0.25, 0.3) is 0 Å². The fourth-order valence-electron chi connectivity index (χ4n) is 2.18. The van der Waals surface area contributed by atoms with Crippen LogP contribution in [0.1, 0.15) is 41.0 Å². The van der Waals surface area contributed by atoms with E-state index in [2.05, 4.69) is 13.8 Å². The SMILES string of the molecule is CC(C)C[C@H](C)CN(CC(=O)O)S(=O)(=O)CC(C)C. The molecule has 0 saturated heterocycles. The van der Waals surface area contributed by atoms with Gasteiger partial charge in [0, 0.05) is 6.54 Å². The van der Waals surface area contributed by atoms with E-state index in [4.69, 9.17) is 5.11 Å². The predicted molar refractivity (Wildman–Crippen MR) is 76.5 cm³/mol. The summed E-state index contributed by atoms with van der Waals surface area (Å²) < 4.78 is 25.4.